The summed E-state index contributed by atoms with van der Waals surface area (Å²) in [6.45, 7) is 12.1. The molecule has 0 unspecified atom stereocenters. The van der Waals surface area contributed by atoms with Gasteiger partial charge < -0.3 is 5.32 Å². The number of hydrogen-bond donors (Lipinski definition) is 1. The van der Waals surface area contributed by atoms with Crippen LogP contribution in [-0.2, 0) is 4.79 Å². The number of hydrazine groups is 1. The third-order valence-electron chi connectivity index (χ3n) is 2.86. The fourth-order valence-electron chi connectivity index (χ4n) is 1.91. The van der Waals surface area contributed by atoms with Crippen molar-refractivity contribution in [3.8, 4) is 0 Å². The topological polar surface area (TPSA) is 35.6 Å². The summed E-state index contributed by atoms with van der Waals surface area (Å²) in [6, 6.07) is 0.291. The fourth-order valence-corrected chi connectivity index (χ4v) is 1.91. The molecule has 0 spiro atoms. The van der Waals surface area contributed by atoms with E-state index in [9.17, 15) is 4.79 Å². The maximum Gasteiger partial charge on any atom is 0.222 e. The van der Waals surface area contributed by atoms with Gasteiger partial charge in [-0.2, -0.15) is 0 Å². The number of hydrogen-bond acceptors (Lipinski definition) is 3. The van der Waals surface area contributed by atoms with Gasteiger partial charge in [-0.25, -0.2) is 10.0 Å². The van der Waals surface area contributed by atoms with Crippen LogP contribution in [0.5, 0.6) is 0 Å². The van der Waals surface area contributed by atoms with Crippen LogP contribution in [0.2, 0.25) is 0 Å². The zero-order chi connectivity index (χ0) is 11.4. The van der Waals surface area contributed by atoms with Crippen molar-refractivity contribution >= 4 is 5.91 Å². The van der Waals surface area contributed by atoms with Crippen molar-refractivity contribution in [3.63, 3.8) is 0 Å². The predicted molar refractivity (Wildman–Crippen MR) is 61.3 cm³/mol. The maximum absolute atomic E-state index is 11.5. The Kier molecular flexibility index (Phi) is 4.54. The number of nitrogens with one attached hydrogen (secondary N) is 1. The van der Waals surface area contributed by atoms with E-state index in [1.165, 1.54) is 0 Å². The maximum atomic E-state index is 11.5. The lowest BCUT2D eigenvalue weighted by Crippen LogP contribution is -2.40. The van der Waals surface area contributed by atoms with Crippen molar-refractivity contribution in [1.29, 1.82) is 0 Å². The number of amides is 1. The Morgan fingerprint density at radius 2 is 1.73 bits per heavy atom. The summed E-state index contributed by atoms with van der Waals surface area (Å²) in [5.41, 5.74) is 0. The van der Waals surface area contributed by atoms with Gasteiger partial charge in [0.25, 0.3) is 0 Å². The Balaban J connectivity index is 2.43. The van der Waals surface area contributed by atoms with Crippen LogP contribution < -0.4 is 5.32 Å². The molecule has 1 saturated heterocycles. The SMILES string of the molecule is CCN1CC(NC(=O)C(C)C)CN1CC. The third-order valence-corrected chi connectivity index (χ3v) is 2.86. The Morgan fingerprint density at radius 1 is 1.27 bits per heavy atom. The summed E-state index contributed by atoms with van der Waals surface area (Å²) in [4.78, 5) is 11.5. The Bertz CT molecular complexity index is 206. The van der Waals surface area contributed by atoms with Crippen LogP contribution in [0.3, 0.4) is 0 Å². The largest absolute Gasteiger partial charge is 0.350 e. The van der Waals surface area contributed by atoms with Gasteiger partial charge in [0.1, 0.15) is 0 Å². The van der Waals surface area contributed by atoms with Gasteiger partial charge >= 0.3 is 0 Å². The summed E-state index contributed by atoms with van der Waals surface area (Å²) >= 11 is 0. The molecule has 4 heteroatoms. The summed E-state index contributed by atoms with van der Waals surface area (Å²) in [7, 11) is 0. The molecule has 1 aliphatic heterocycles. The molecule has 1 N–H and O–H groups in total. The van der Waals surface area contributed by atoms with Gasteiger partial charge in [0.2, 0.25) is 5.91 Å². The second-order valence-electron chi connectivity index (χ2n) is 4.37. The molecule has 4 nitrogen and oxygen atoms in total. The molecule has 0 radical (unpaired) electrons. The molecule has 0 bridgehead atoms. The molecule has 1 heterocycles. The van der Waals surface area contributed by atoms with Crippen LogP contribution in [0, 0.1) is 5.92 Å². The molecule has 1 aliphatic rings. The van der Waals surface area contributed by atoms with Crippen molar-refractivity contribution in [2.45, 2.75) is 33.7 Å². The quantitative estimate of drug-likeness (QED) is 0.746. The van der Waals surface area contributed by atoms with Crippen LogP contribution in [-0.4, -0.2) is 48.1 Å². The van der Waals surface area contributed by atoms with Crippen LogP contribution in [0.25, 0.3) is 0 Å². The molecule has 1 rings (SSSR count). The highest BCUT2D eigenvalue weighted by atomic mass is 16.2. The average Bonchev–Trinajstić information content (AvgIpc) is 2.59. The summed E-state index contributed by atoms with van der Waals surface area (Å²) in [5, 5.41) is 7.68. The fraction of sp³-hybridized carbons (Fsp3) is 0.909. The zero-order valence-corrected chi connectivity index (χ0v) is 10.3. The van der Waals surface area contributed by atoms with E-state index in [4.69, 9.17) is 0 Å². The molecule has 0 saturated carbocycles. The van der Waals surface area contributed by atoms with E-state index in [0.717, 1.165) is 26.2 Å². The first-order valence-corrected chi connectivity index (χ1v) is 5.88. The number of rotatable bonds is 4. The second kappa shape index (κ2) is 5.47. The minimum Gasteiger partial charge on any atom is -0.350 e. The zero-order valence-electron chi connectivity index (χ0n) is 10.3. The molecule has 88 valence electrons. The minimum atomic E-state index is 0.0794. The summed E-state index contributed by atoms with van der Waals surface area (Å²) in [5.74, 6) is 0.241. The first-order chi connectivity index (χ1) is 7.08. The van der Waals surface area contributed by atoms with Gasteiger partial charge in [-0.15, -0.1) is 0 Å². The lowest BCUT2D eigenvalue weighted by molar-refractivity contribution is -0.124. The number of nitrogens with zero attached hydrogens (tertiary/aromatic N) is 2. The van der Waals surface area contributed by atoms with Crippen LogP contribution >= 0.6 is 0 Å². The van der Waals surface area contributed by atoms with E-state index in [2.05, 4.69) is 29.2 Å². The van der Waals surface area contributed by atoms with Crippen LogP contribution in [0.1, 0.15) is 27.7 Å². The lowest BCUT2D eigenvalue weighted by atomic mass is 10.2. The van der Waals surface area contributed by atoms with Gasteiger partial charge in [0.15, 0.2) is 0 Å². The van der Waals surface area contributed by atoms with Crippen molar-refractivity contribution in [3.05, 3.63) is 0 Å². The summed E-state index contributed by atoms with van der Waals surface area (Å²) in [6.07, 6.45) is 0. The molecular formula is C11H23N3O. The van der Waals surface area contributed by atoms with Gasteiger partial charge in [-0.05, 0) is 0 Å². The van der Waals surface area contributed by atoms with Gasteiger partial charge in [0.05, 0.1) is 6.04 Å². The number of carbonyl (C=O) groups excluding carboxylic acids is 1. The lowest BCUT2D eigenvalue weighted by Gasteiger charge is -2.24. The van der Waals surface area contributed by atoms with Crippen molar-refractivity contribution in [2.75, 3.05) is 26.2 Å². The van der Waals surface area contributed by atoms with E-state index < -0.39 is 0 Å². The summed E-state index contributed by atoms with van der Waals surface area (Å²) < 4.78 is 0. The van der Waals surface area contributed by atoms with Crippen molar-refractivity contribution < 1.29 is 4.79 Å². The van der Waals surface area contributed by atoms with Crippen LogP contribution in [0.4, 0.5) is 0 Å². The molecule has 0 aromatic carbocycles. The Labute approximate surface area is 92.6 Å². The van der Waals surface area contributed by atoms with Crippen LogP contribution in [0.15, 0.2) is 0 Å². The molecular weight excluding hydrogens is 190 g/mol. The van der Waals surface area contributed by atoms with Gasteiger partial charge in [-0.3, -0.25) is 4.79 Å². The number of likely N-dealkylation sites (N-methyl/N-ethyl adjacent to an activating group) is 2. The first kappa shape index (κ1) is 12.5. The third kappa shape index (κ3) is 3.18. The smallest absolute Gasteiger partial charge is 0.222 e. The first-order valence-electron chi connectivity index (χ1n) is 5.88. The predicted octanol–water partition coefficient (Wildman–Crippen LogP) is 0.700. The molecule has 0 aliphatic carbocycles. The van der Waals surface area contributed by atoms with E-state index in [-0.39, 0.29) is 11.8 Å². The molecule has 0 aromatic heterocycles. The molecule has 15 heavy (non-hydrogen) atoms. The van der Waals surface area contributed by atoms with E-state index in [1.54, 1.807) is 0 Å². The monoisotopic (exact) mass is 213 g/mol. The second-order valence-corrected chi connectivity index (χ2v) is 4.37. The normalized spacial score (nSPS) is 20.1. The van der Waals surface area contributed by atoms with Crippen molar-refractivity contribution in [2.24, 2.45) is 5.92 Å². The highest BCUT2D eigenvalue weighted by Gasteiger charge is 2.28. The standard InChI is InChI=1S/C11H23N3O/c1-5-13-7-10(8-14(13)6-2)12-11(15)9(3)4/h9-10H,5-8H2,1-4H3,(H,12,15). The molecule has 1 fully saturated rings. The van der Waals surface area contributed by atoms with E-state index >= 15 is 0 Å². The van der Waals surface area contributed by atoms with Gasteiger partial charge in [0, 0.05) is 32.1 Å². The Hall–Kier alpha value is -0.610. The van der Waals surface area contributed by atoms with E-state index in [1.807, 2.05) is 13.8 Å². The average molecular weight is 213 g/mol. The number of carbonyl (C=O) groups is 1. The van der Waals surface area contributed by atoms with E-state index in [0.29, 0.717) is 6.04 Å². The van der Waals surface area contributed by atoms with Crippen molar-refractivity contribution in [1.82, 2.24) is 15.3 Å². The minimum absolute atomic E-state index is 0.0794. The molecule has 0 atom stereocenters. The highest BCUT2D eigenvalue weighted by Crippen LogP contribution is 2.10. The molecule has 1 amide bonds. The molecule has 0 aromatic rings. The Morgan fingerprint density at radius 3 is 2.07 bits per heavy atom. The van der Waals surface area contributed by atoms with Gasteiger partial charge in [-0.1, -0.05) is 27.7 Å². The highest BCUT2D eigenvalue weighted by molar-refractivity contribution is 5.78.